The van der Waals surface area contributed by atoms with Gasteiger partial charge in [-0.1, -0.05) is 6.07 Å². The number of nitrogens with one attached hydrogen (secondary N) is 1. The maximum Gasteiger partial charge on any atom is 0.410 e. The van der Waals surface area contributed by atoms with Crippen LogP contribution in [-0.2, 0) is 11.3 Å². The Labute approximate surface area is 143 Å². The number of hydrogen-bond donors (Lipinski definition) is 1. The molecule has 0 saturated carbocycles. The number of hydrogen-bond acceptors (Lipinski definition) is 4. The fraction of sp³-hybridized carbons (Fsp3) is 0.611. The molecule has 0 atom stereocenters. The fourth-order valence-corrected chi connectivity index (χ4v) is 2.67. The summed E-state index contributed by atoms with van der Waals surface area (Å²) in [5.41, 5.74) is 0.410. The van der Waals surface area contributed by atoms with Crippen LogP contribution in [0.4, 0.5) is 9.18 Å². The number of nitrogens with zero attached hydrogens (tertiary/aromatic N) is 1. The van der Waals surface area contributed by atoms with Gasteiger partial charge in [0.15, 0.2) is 11.6 Å². The Morgan fingerprint density at radius 2 is 2.00 bits per heavy atom. The van der Waals surface area contributed by atoms with E-state index in [4.69, 9.17) is 9.47 Å². The summed E-state index contributed by atoms with van der Waals surface area (Å²) in [6.07, 6.45) is 1.47. The average Bonchev–Trinajstić information content (AvgIpc) is 2.52. The lowest BCUT2D eigenvalue weighted by Gasteiger charge is -2.33. The zero-order valence-corrected chi connectivity index (χ0v) is 14.9. The summed E-state index contributed by atoms with van der Waals surface area (Å²) in [7, 11) is 1.45. The van der Waals surface area contributed by atoms with Gasteiger partial charge in [-0.15, -0.1) is 0 Å². The van der Waals surface area contributed by atoms with Gasteiger partial charge in [-0.05, 0) is 51.3 Å². The fourth-order valence-electron chi connectivity index (χ4n) is 2.67. The molecular formula is C18H27FN2O3. The monoisotopic (exact) mass is 338 g/mol. The highest BCUT2D eigenvalue weighted by atomic mass is 19.1. The predicted molar refractivity (Wildman–Crippen MR) is 90.6 cm³/mol. The Morgan fingerprint density at radius 1 is 1.33 bits per heavy atom. The van der Waals surface area contributed by atoms with Gasteiger partial charge in [-0.25, -0.2) is 9.18 Å². The van der Waals surface area contributed by atoms with Crippen molar-refractivity contribution in [1.82, 2.24) is 10.2 Å². The smallest absolute Gasteiger partial charge is 0.410 e. The number of carbonyl (C=O) groups excluding carboxylic acids is 1. The van der Waals surface area contributed by atoms with Gasteiger partial charge < -0.3 is 19.7 Å². The molecule has 1 aromatic rings. The maximum absolute atomic E-state index is 13.7. The molecule has 0 aromatic heterocycles. The van der Waals surface area contributed by atoms with Gasteiger partial charge in [0.2, 0.25) is 0 Å². The lowest BCUT2D eigenvalue weighted by Crippen LogP contribution is -2.46. The van der Waals surface area contributed by atoms with E-state index in [0.717, 1.165) is 18.4 Å². The van der Waals surface area contributed by atoms with Crippen molar-refractivity contribution < 1.29 is 18.7 Å². The van der Waals surface area contributed by atoms with E-state index >= 15 is 0 Å². The van der Waals surface area contributed by atoms with Gasteiger partial charge in [0, 0.05) is 25.7 Å². The summed E-state index contributed by atoms with van der Waals surface area (Å²) < 4.78 is 24.0. The highest BCUT2D eigenvalue weighted by Gasteiger charge is 2.26. The first-order valence-electron chi connectivity index (χ1n) is 8.32. The topological polar surface area (TPSA) is 50.8 Å². The van der Waals surface area contributed by atoms with Crippen LogP contribution in [0.15, 0.2) is 18.2 Å². The van der Waals surface area contributed by atoms with Gasteiger partial charge in [0.25, 0.3) is 0 Å². The molecule has 2 rings (SSSR count). The molecule has 0 aliphatic carbocycles. The first-order chi connectivity index (χ1) is 11.3. The SMILES string of the molecule is COc1ccc(CNC2CCN(C(=O)OC(C)(C)C)CC2)cc1F. The van der Waals surface area contributed by atoms with E-state index in [1.165, 1.54) is 13.2 Å². The second-order valence-corrected chi connectivity index (χ2v) is 7.09. The Hall–Kier alpha value is -1.82. The highest BCUT2D eigenvalue weighted by Crippen LogP contribution is 2.19. The van der Waals surface area contributed by atoms with Crippen LogP contribution in [-0.4, -0.2) is 42.8 Å². The largest absolute Gasteiger partial charge is 0.494 e. The van der Waals surface area contributed by atoms with Gasteiger partial charge in [0.1, 0.15) is 5.60 Å². The van der Waals surface area contributed by atoms with Gasteiger partial charge in [-0.3, -0.25) is 0 Å². The molecule has 0 bridgehead atoms. The van der Waals surface area contributed by atoms with Crippen molar-refractivity contribution in [2.45, 2.75) is 51.8 Å². The lowest BCUT2D eigenvalue weighted by molar-refractivity contribution is 0.0198. The van der Waals surface area contributed by atoms with Crippen LogP contribution in [0.25, 0.3) is 0 Å². The molecule has 1 aliphatic rings. The third-order valence-corrected chi connectivity index (χ3v) is 3.96. The van der Waals surface area contributed by atoms with Crippen LogP contribution in [0.5, 0.6) is 5.75 Å². The number of amides is 1. The van der Waals surface area contributed by atoms with Crippen LogP contribution >= 0.6 is 0 Å². The molecule has 24 heavy (non-hydrogen) atoms. The summed E-state index contributed by atoms with van der Waals surface area (Å²) in [6.45, 7) is 7.54. The number of carbonyl (C=O) groups is 1. The van der Waals surface area contributed by atoms with Crippen molar-refractivity contribution in [3.05, 3.63) is 29.6 Å². The third kappa shape index (κ3) is 5.37. The predicted octanol–water partition coefficient (Wildman–Crippen LogP) is 3.32. The number of benzene rings is 1. The third-order valence-electron chi connectivity index (χ3n) is 3.96. The maximum atomic E-state index is 13.7. The minimum Gasteiger partial charge on any atom is -0.494 e. The Kier molecular flexibility index (Phi) is 6.04. The molecule has 5 nitrogen and oxygen atoms in total. The number of ether oxygens (including phenoxy) is 2. The summed E-state index contributed by atoms with van der Waals surface area (Å²) >= 11 is 0. The summed E-state index contributed by atoms with van der Waals surface area (Å²) in [5.74, 6) is -0.0963. The molecule has 0 spiro atoms. The average molecular weight is 338 g/mol. The van der Waals surface area contributed by atoms with E-state index in [0.29, 0.717) is 25.7 Å². The minimum absolute atomic E-state index is 0.252. The summed E-state index contributed by atoms with van der Waals surface area (Å²) in [5, 5.41) is 3.42. The van der Waals surface area contributed by atoms with Gasteiger partial charge >= 0.3 is 6.09 Å². The quantitative estimate of drug-likeness (QED) is 0.915. The number of rotatable bonds is 4. The number of likely N-dealkylation sites (tertiary alicyclic amines) is 1. The Morgan fingerprint density at radius 3 is 2.54 bits per heavy atom. The second kappa shape index (κ2) is 7.83. The minimum atomic E-state index is -0.468. The molecule has 6 heteroatoms. The van der Waals surface area contributed by atoms with Crippen LogP contribution in [0.2, 0.25) is 0 Å². The highest BCUT2D eigenvalue weighted by molar-refractivity contribution is 5.68. The molecule has 0 unspecified atom stereocenters. The van der Waals surface area contributed by atoms with E-state index in [-0.39, 0.29) is 17.7 Å². The van der Waals surface area contributed by atoms with Gasteiger partial charge in [0.05, 0.1) is 7.11 Å². The molecule has 1 heterocycles. The van der Waals surface area contributed by atoms with Crippen molar-refractivity contribution in [2.24, 2.45) is 0 Å². The zero-order chi connectivity index (χ0) is 17.7. The molecule has 1 aromatic carbocycles. The first-order valence-corrected chi connectivity index (χ1v) is 8.32. The molecular weight excluding hydrogens is 311 g/mol. The van der Waals surface area contributed by atoms with E-state index < -0.39 is 5.60 Å². The summed E-state index contributed by atoms with van der Waals surface area (Å²) in [6, 6.07) is 5.29. The number of halogens is 1. The molecule has 1 aliphatic heterocycles. The number of methoxy groups -OCH3 is 1. The first kappa shape index (κ1) is 18.5. The lowest BCUT2D eigenvalue weighted by atomic mass is 10.0. The second-order valence-electron chi connectivity index (χ2n) is 7.09. The molecule has 0 radical (unpaired) electrons. The van der Waals surface area contributed by atoms with Crippen molar-refractivity contribution in [2.75, 3.05) is 20.2 Å². The van der Waals surface area contributed by atoms with Crippen LogP contribution in [0, 0.1) is 5.82 Å². The standard InChI is InChI=1S/C18H27FN2O3/c1-18(2,3)24-17(22)21-9-7-14(8-10-21)20-12-13-5-6-16(23-4)15(19)11-13/h5-6,11,14,20H,7-10,12H2,1-4H3. The summed E-state index contributed by atoms with van der Waals surface area (Å²) in [4.78, 5) is 13.8. The Bertz CT molecular complexity index is 564. The molecule has 1 N–H and O–H groups in total. The van der Waals surface area contributed by atoms with Gasteiger partial charge in [-0.2, -0.15) is 0 Å². The normalized spacial score (nSPS) is 16.1. The van der Waals surface area contributed by atoms with E-state index in [1.54, 1.807) is 11.0 Å². The van der Waals surface area contributed by atoms with Crippen molar-refractivity contribution in [3.63, 3.8) is 0 Å². The molecule has 1 fully saturated rings. The van der Waals surface area contributed by atoms with Crippen molar-refractivity contribution in [3.8, 4) is 5.75 Å². The molecule has 1 saturated heterocycles. The molecule has 1 amide bonds. The van der Waals surface area contributed by atoms with E-state index in [1.807, 2.05) is 26.8 Å². The van der Waals surface area contributed by atoms with Crippen LogP contribution in [0.3, 0.4) is 0 Å². The number of piperidine rings is 1. The zero-order valence-electron chi connectivity index (χ0n) is 14.9. The van der Waals surface area contributed by atoms with Crippen LogP contribution < -0.4 is 10.1 Å². The Balaban J connectivity index is 1.77. The van der Waals surface area contributed by atoms with Crippen molar-refractivity contribution in [1.29, 1.82) is 0 Å². The van der Waals surface area contributed by atoms with Crippen LogP contribution in [0.1, 0.15) is 39.2 Å². The van der Waals surface area contributed by atoms with Crippen molar-refractivity contribution >= 4 is 6.09 Å². The van der Waals surface area contributed by atoms with E-state index in [9.17, 15) is 9.18 Å². The van der Waals surface area contributed by atoms with E-state index in [2.05, 4.69) is 5.32 Å². The molecule has 134 valence electrons.